The van der Waals surface area contributed by atoms with Crippen molar-refractivity contribution in [2.75, 3.05) is 24.1 Å². The number of hydrogen-bond donors (Lipinski definition) is 2. The van der Waals surface area contributed by atoms with Gasteiger partial charge >= 0.3 is 0 Å². The summed E-state index contributed by atoms with van der Waals surface area (Å²) in [5.74, 6) is 0.682. The first-order valence-corrected chi connectivity index (χ1v) is 8.51. The number of nitrogens with zero attached hydrogens (tertiary/aromatic N) is 3. The van der Waals surface area contributed by atoms with Gasteiger partial charge in [-0.25, -0.2) is 4.98 Å². The molecular formula is C18H21N5O3. The number of pyridine rings is 1. The molecule has 0 bridgehead atoms. The van der Waals surface area contributed by atoms with E-state index < -0.39 is 4.92 Å². The van der Waals surface area contributed by atoms with E-state index in [2.05, 4.69) is 10.3 Å². The van der Waals surface area contributed by atoms with Gasteiger partial charge in [0.2, 0.25) is 5.91 Å². The number of carbonyl (C=O) groups is 1. The minimum atomic E-state index is -0.480. The number of nitro groups is 1. The number of nitrogens with one attached hydrogen (secondary N) is 1. The van der Waals surface area contributed by atoms with Crippen LogP contribution in [0, 0.1) is 10.1 Å². The van der Waals surface area contributed by atoms with Crippen molar-refractivity contribution in [2.45, 2.75) is 25.3 Å². The van der Waals surface area contributed by atoms with Crippen LogP contribution in [0.1, 0.15) is 18.4 Å². The monoisotopic (exact) mass is 355 g/mol. The molecule has 0 radical (unpaired) electrons. The molecular weight excluding hydrogens is 334 g/mol. The van der Waals surface area contributed by atoms with E-state index in [1.165, 1.54) is 12.3 Å². The van der Waals surface area contributed by atoms with Crippen molar-refractivity contribution in [1.29, 1.82) is 0 Å². The molecule has 1 aliphatic rings. The van der Waals surface area contributed by atoms with Gasteiger partial charge in [-0.3, -0.25) is 14.9 Å². The molecule has 136 valence electrons. The number of para-hydroxylation sites is 1. The Labute approximate surface area is 151 Å². The summed E-state index contributed by atoms with van der Waals surface area (Å²) in [6.07, 6.45) is 3.10. The van der Waals surface area contributed by atoms with Crippen molar-refractivity contribution in [1.82, 2.24) is 9.88 Å². The average molecular weight is 355 g/mol. The third kappa shape index (κ3) is 4.27. The number of nitrogens with two attached hydrogens (primary N) is 1. The van der Waals surface area contributed by atoms with Gasteiger partial charge in [0.1, 0.15) is 12.0 Å². The van der Waals surface area contributed by atoms with Crippen LogP contribution in [0.15, 0.2) is 42.6 Å². The summed E-state index contributed by atoms with van der Waals surface area (Å²) in [4.78, 5) is 28.5. The number of amides is 1. The van der Waals surface area contributed by atoms with Gasteiger partial charge in [0, 0.05) is 37.3 Å². The number of carbonyl (C=O) groups excluding carboxylic acids is 1. The maximum atomic E-state index is 12.4. The molecule has 0 saturated carbocycles. The molecule has 2 aromatic rings. The quantitative estimate of drug-likeness (QED) is 0.466. The highest BCUT2D eigenvalue weighted by atomic mass is 16.6. The lowest BCUT2D eigenvalue weighted by Crippen LogP contribution is -2.31. The number of benzene rings is 1. The Balaban J connectivity index is 1.49. The number of nitrogen functional groups attached to an aromatic ring is 1. The predicted octanol–water partition coefficient (Wildman–Crippen LogP) is 2.22. The highest BCUT2D eigenvalue weighted by Gasteiger charge is 2.26. The molecule has 1 amide bonds. The molecule has 0 aliphatic carbocycles. The summed E-state index contributed by atoms with van der Waals surface area (Å²) < 4.78 is 0. The van der Waals surface area contributed by atoms with Crippen LogP contribution in [-0.4, -0.2) is 39.8 Å². The number of anilines is 2. The van der Waals surface area contributed by atoms with Gasteiger partial charge < -0.3 is 16.0 Å². The maximum absolute atomic E-state index is 12.4. The average Bonchev–Trinajstić information content (AvgIpc) is 3.10. The minimum absolute atomic E-state index is 0.0426. The molecule has 1 saturated heterocycles. The molecule has 1 unspecified atom stereocenters. The van der Waals surface area contributed by atoms with E-state index >= 15 is 0 Å². The van der Waals surface area contributed by atoms with E-state index in [0.717, 1.165) is 12.0 Å². The Hall–Kier alpha value is -3.16. The lowest BCUT2D eigenvalue weighted by molar-refractivity contribution is -0.385. The third-order valence-corrected chi connectivity index (χ3v) is 4.51. The van der Waals surface area contributed by atoms with E-state index in [1.54, 1.807) is 6.07 Å². The normalized spacial score (nSPS) is 16.5. The Morgan fingerprint density at radius 3 is 2.85 bits per heavy atom. The maximum Gasteiger partial charge on any atom is 0.287 e. The highest BCUT2D eigenvalue weighted by molar-refractivity contribution is 5.77. The number of aromatic nitrogens is 1. The van der Waals surface area contributed by atoms with Crippen molar-refractivity contribution in [2.24, 2.45) is 0 Å². The van der Waals surface area contributed by atoms with Crippen LogP contribution in [0.5, 0.6) is 0 Å². The molecule has 3 N–H and O–H groups in total. The first-order chi connectivity index (χ1) is 12.5. The summed E-state index contributed by atoms with van der Waals surface area (Å²) in [6, 6.07) is 10.7. The molecule has 8 nitrogen and oxygen atoms in total. The van der Waals surface area contributed by atoms with Gasteiger partial charge in [-0.15, -0.1) is 0 Å². The fourth-order valence-corrected chi connectivity index (χ4v) is 3.05. The smallest absolute Gasteiger partial charge is 0.287 e. The molecule has 26 heavy (non-hydrogen) atoms. The van der Waals surface area contributed by atoms with Crippen molar-refractivity contribution >= 4 is 23.1 Å². The zero-order chi connectivity index (χ0) is 18.5. The molecule has 1 fully saturated rings. The van der Waals surface area contributed by atoms with Crippen LogP contribution < -0.4 is 11.1 Å². The molecule has 1 aromatic heterocycles. The molecule has 1 aliphatic heterocycles. The van der Waals surface area contributed by atoms with E-state index in [4.69, 9.17) is 5.73 Å². The Morgan fingerprint density at radius 2 is 2.15 bits per heavy atom. The van der Waals surface area contributed by atoms with E-state index in [-0.39, 0.29) is 17.6 Å². The number of hydrogen-bond acceptors (Lipinski definition) is 6. The van der Waals surface area contributed by atoms with Crippen molar-refractivity contribution in [3.8, 4) is 0 Å². The lowest BCUT2D eigenvalue weighted by atomic mass is 10.1. The summed E-state index contributed by atoms with van der Waals surface area (Å²) in [7, 11) is 0. The standard InChI is InChI=1S/C18H21N5O3/c19-16-4-2-1-3-13(16)5-8-18(24)22-10-9-14(12-22)21-17-7-6-15(11-20-17)23(25)26/h1-4,6-7,11,14H,5,8-10,12,19H2,(H,20,21). The fraction of sp³-hybridized carbons (Fsp3) is 0.333. The number of rotatable bonds is 6. The molecule has 1 aromatic carbocycles. The Kier molecular flexibility index (Phi) is 5.31. The largest absolute Gasteiger partial charge is 0.399 e. The first-order valence-electron chi connectivity index (χ1n) is 8.51. The van der Waals surface area contributed by atoms with Gasteiger partial charge in [-0.2, -0.15) is 0 Å². The number of likely N-dealkylation sites (tertiary alicyclic amines) is 1. The van der Waals surface area contributed by atoms with Gasteiger partial charge in [-0.1, -0.05) is 18.2 Å². The first kappa shape index (κ1) is 17.7. The zero-order valence-corrected chi connectivity index (χ0v) is 14.3. The second-order valence-corrected chi connectivity index (χ2v) is 6.33. The third-order valence-electron chi connectivity index (χ3n) is 4.51. The minimum Gasteiger partial charge on any atom is -0.399 e. The van der Waals surface area contributed by atoms with Crippen molar-refractivity contribution in [3.63, 3.8) is 0 Å². The second kappa shape index (κ2) is 7.81. The summed E-state index contributed by atoms with van der Waals surface area (Å²) in [6.45, 7) is 1.29. The summed E-state index contributed by atoms with van der Waals surface area (Å²) >= 11 is 0. The van der Waals surface area contributed by atoms with Gasteiger partial charge in [-0.05, 0) is 30.5 Å². The highest BCUT2D eigenvalue weighted by Crippen LogP contribution is 2.19. The topological polar surface area (TPSA) is 114 Å². The molecule has 2 heterocycles. The fourth-order valence-electron chi connectivity index (χ4n) is 3.05. The van der Waals surface area contributed by atoms with Crippen molar-refractivity contribution in [3.05, 3.63) is 58.3 Å². The van der Waals surface area contributed by atoms with Crippen molar-refractivity contribution < 1.29 is 9.72 Å². The summed E-state index contributed by atoms with van der Waals surface area (Å²) in [5.41, 5.74) is 7.57. The number of aryl methyl sites for hydroxylation is 1. The van der Waals surface area contributed by atoms with Crippen LogP contribution >= 0.6 is 0 Å². The molecule has 3 rings (SSSR count). The second-order valence-electron chi connectivity index (χ2n) is 6.33. The molecule has 0 spiro atoms. The van der Waals surface area contributed by atoms with E-state index in [1.807, 2.05) is 29.2 Å². The van der Waals surface area contributed by atoms with E-state index in [0.29, 0.717) is 37.4 Å². The van der Waals surface area contributed by atoms with Crippen LogP contribution in [0.3, 0.4) is 0 Å². The Morgan fingerprint density at radius 1 is 1.35 bits per heavy atom. The lowest BCUT2D eigenvalue weighted by Gasteiger charge is -2.17. The van der Waals surface area contributed by atoms with Crippen LogP contribution in [0.4, 0.5) is 17.2 Å². The van der Waals surface area contributed by atoms with Crippen LogP contribution in [0.2, 0.25) is 0 Å². The molecule has 8 heteroatoms. The SMILES string of the molecule is Nc1ccccc1CCC(=O)N1CCC(Nc2ccc([N+](=O)[O-])cn2)C1. The summed E-state index contributed by atoms with van der Waals surface area (Å²) in [5, 5.41) is 13.9. The molecule has 1 atom stereocenters. The predicted molar refractivity (Wildman–Crippen MR) is 98.7 cm³/mol. The Bertz CT molecular complexity index is 794. The van der Waals surface area contributed by atoms with E-state index in [9.17, 15) is 14.9 Å². The van der Waals surface area contributed by atoms with Gasteiger partial charge in [0.25, 0.3) is 5.69 Å². The zero-order valence-electron chi connectivity index (χ0n) is 14.3. The van der Waals surface area contributed by atoms with Gasteiger partial charge in [0.05, 0.1) is 4.92 Å². The van der Waals surface area contributed by atoms with Crippen LogP contribution in [-0.2, 0) is 11.2 Å². The van der Waals surface area contributed by atoms with Gasteiger partial charge in [0.15, 0.2) is 0 Å². The van der Waals surface area contributed by atoms with Crippen LogP contribution in [0.25, 0.3) is 0 Å².